The van der Waals surface area contributed by atoms with Gasteiger partial charge in [-0.25, -0.2) is 4.39 Å². The highest BCUT2D eigenvalue weighted by Crippen LogP contribution is 2.37. The molecule has 1 aromatic heterocycles. The average Bonchev–Trinajstić information content (AvgIpc) is 3.49. The van der Waals surface area contributed by atoms with Gasteiger partial charge in [0.15, 0.2) is 5.69 Å². The number of nitrogens with one attached hydrogen (secondary N) is 1. The third kappa shape index (κ3) is 6.00. The summed E-state index contributed by atoms with van der Waals surface area (Å²) in [5, 5.41) is 25.7. The van der Waals surface area contributed by atoms with E-state index in [0.717, 1.165) is 36.4 Å². The topological polar surface area (TPSA) is 141 Å². The zero-order chi connectivity index (χ0) is 33.2. The molecule has 0 saturated heterocycles. The van der Waals surface area contributed by atoms with Crippen molar-refractivity contribution in [2.75, 3.05) is 44.1 Å². The van der Waals surface area contributed by atoms with Gasteiger partial charge >= 0.3 is 0 Å². The number of hydrogen-bond donors (Lipinski definition) is 2. The summed E-state index contributed by atoms with van der Waals surface area (Å²) in [6.45, 7) is -0.757. The molecular formula is C32H27F3N6O5. The lowest BCUT2D eigenvalue weighted by molar-refractivity contribution is -0.133. The number of likely N-dealkylation sites (N-methyl/N-ethyl adjacent to an activating group) is 1. The smallest absolute Gasteiger partial charge is 0.298 e. The molecule has 0 fully saturated rings. The molecule has 0 spiro atoms. The fourth-order valence-electron chi connectivity index (χ4n) is 5.15. The van der Waals surface area contributed by atoms with Gasteiger partial charge in [0.2, 0.25) is 5.91 Å². The van der Waals surface area contributed by atoms with Crippen LogP contribution in [0.2, 0.25) is 0 Å². The number of alkyl halides is 2. The minimum Gasteiger partial charge on any atom is -0.495 e. The van der Waals surface area contributed by atoms with Gasteiger partial charge in [0.05, 0.1) is 37.1 Å². The maximum Gasteiger partial charge on any atom is 0.298 e. The maximum atomic E-state index is 15.2. The number of methoxy groups -OCH3 is 1. The number of aliphatic hydroxyl groups is 1. The van der Waals surface area contributed by atoms with Gasteiger partial charge in [-0.3, -0.25) is 19.1 Å². The number of fused-ring (bicyclic) bond motifs is 1. The van der Waals surface area contributed by atoms with E-state index in [2.05, 4.69) is 10.4 Å². The van der Waals surface area contributed by atoms with Crippen molar-refractivity contribution in [1.29, 1.82) is 5.26 Å². The van der Waals surface area contributed by atoms with Crippen molar-refractivity contribution in [3.8, 4) is 11.8 Å². The van der Waals surface area contributed by atoms with Crippen LogP contribution in [0.1, 0.15) is 43.6 Å². The van der Waals surface area contributed by atoms with Crippen LogP contribution in [0.5, 0.6) is 5.75 Å². The summed E-state index contributed by atoms with van der Waals surface area (Å²) >= 11 is 0. The molecule has 0 saturated carbocycles. The second kappa shape index (κ2) is 12.7. The highest BCUT2D eigenvalue weighted by Gasteiger charge is 2.38. The molecule has 4 aromatic rings. The van der Waals surface area contributed by atoms with Gasteiger partial charge in [0.25, 0.3) is 17.7 Å². The number of amides is 3. The summed E-state index contributed by atoms with van der Waals surface area (Å²) < 4.78 is 50.2. The van der Waals surface area contributed by atoms with Crippen LogP contribution < -0.4 is 15.0 Å². The molecule has 236 valence electrons. The Morgan fingerprint density at radius 1 is 1.13 bits per heavy atom. The number of halogens is 3. The monoisotopic (exact) mass is 632 g/mol. The van der Waals surface area contributed by atoms with Crippen molar-refractivity contribution in [3.63, 3.8) is 0 Å². The molecule has 0 radical (unpaired) electrons. The van der Waals surface area contributed by atoms with E-state index < -0.39 is 47.7 Å². The number of benzene rings is 3. The molecule has 46 heavy (non-hydrogen) atoms. The lowest BCUT2D eigenvalue weighted by Gasteiger charge is -2.35. The van der Waals surface area contributed by atoms with Gasteiger partial charge in [0.1, 0.15) is 24.2 Å². The van der Waals surface area contributed by atoms with Crippen LogP contribution in [-0.4, -0.2) is 71.4 Å². The maximum absolute atomic E-state index is 15.2. The van der Waals surface area contributed by atoms with Crippen molar-refractivity contribution >= 4 is 29.1 Å². The molecule has 1 unspecified atom stereocenters. The Kier molecular flexibility index (Phi) is 8.79. The van der Waals surface area contributed by atoms with Gasteiger partial charge < -0.3 is 25.0 Å². The summed E-state index contributed by atoms with van der Waals surface area (Å²) in [5.74, 6) is -5.64. The molecule has 1 aliphatic heterocycles. The summed E-state index contributed by atoms with van der Waals surface area (Å²) in [4.78, 5) is 41.8. The van der Waals surface area contributed by atoms with Crippen LogP contribution >= 0.6 is 0 Å². The summed E-state index contributed by atoms with van der Waals surface area (Å²) in [7, 11) is 2.85. The van der Waals surface area contributed by atoms with E-state index in [1.165, 1.54) is 65.2 Å². The van der Waals surface area contributed by atoms with Crippen molar-refractivity contribution in [1.82, 2.24) is 14.7 Å². The highest BCUT2D eigenvalue weighted by molar-refractivity contribution is 6.13. The fraction of sp³-hybridized carbons (Fsp3) is 0.219. The Labute approximate surface area is 261 Å². The van der Waals surface area contributed by atoms with Crippen molar-refractivity contribution in [2.45, 2.75) is 12.0 Å². The standard InChI is InChI=1S/C32H27F3N6O5/c1-39(28(43)18-42)16-25-17-40(24-10-6-22(7-11-24)32(34,35)21-4-8-23(33)9-5-21)31(45)29-26(15-37-41(25)29)38-30(44)19-3-12-27(46-2)20(13-19)14-36/h3-13,15,25,42H,16-18H2,1-2H3,(H,38,44). The molecule has 3 aromatic carbocycles. The molecule has 5 rings (SSSR count). The van der Waals surface area contributed by atoms with E-state index in [9.17, 15) is 29.1 Å². The van der Waals surface area contributed by atoms with Gasteiger partial charge in [-0.1, -0.05) is 12.1 Å². The van der Waals surface area contributed by atoms with E-state index in [1.807, 2.05) is 6.07 Å². The van der Waals surface area contributed by atoms with Crippen LogP contribution in [0, 0.1) is 17.1 Å². The number of carbonyl (C=O) groups excluding carboxylic acids is 3. The predicted molar refractivity (Wildman–Crippen MR) is 159 cm³/mol. The van der Waals surface area contributed by atoms with Crippen molar-refractivity contribution in [2.24, 2.45) is 0 Å². The number of rotatable bonds is 9. The normalized spacial score (nSPS) is 14.3. The van der Waals surface area contributed by atoms with Crippen LogP contribution in [0.15, 0.2) is 72.9 Å². The van der Waals surface area contributed by atoms with Gasteiger partial charge in [-0.15, -0.1) is 0 Å². The number of nitriles is 1. The first-order valence-electron chi connectivity index (χ1n) is 13.9. The lowest BCUT2D eigenvalue weighted by atomic mass is 9.99. The lowest BCUT2D eigenvalue weighted by Crippen LogP contribution is -2.48. The zero-order valence-corrected chi connectivity index (χ0v) is 24.6. The van der Waals surface area contributed by atoms with Crippen LogP contribution in [0.3, 0.4) is 0 Å². The predicted octanol–water partition coefficient (Wildman–Crippen LogP) is 3.95. The minimum absolute atomic E-state index is 0.00989. The van der Waals surface area contributed by atoms with E-state index in [-0.39, 0.29) is 52.6 Å². The van der Waals surface area contributed by atoms with Crippen molar-refractivity contribution in [3.05, 3.63) is 107 Å². The van der Waals surface area contributed by atoms with Gasteiger partial charge in [-0.2, -0.15) is 19.1 Å². The first kappa shape index (κ1) is 31.7. The molecular weight excluding hydrogens is 605 g/mol. The first-order chi connectivity index (χ1) is 22.0. The second-order valence-electron chi connectivity index (χ2n) is 10.5. The van der Waals surface area contributed by atoms with Crippen molar-refractivity contribution < 1.29 is 37.4 Å². The number of hydrogen-bond acceptors (Lipinski definition) is 7. The van der Waals surface area contributed by atoms with E-state index >= 15 is 8.78 Å². The number of nitrogens with zero attached hydrogens (tertiary/aromatic N) is 5. The summed E-state index contributed by atoms with van der Waals surface area (Å²) in [5.41, 5.74) is -0.302. The minimum atomic E-state index is -3.45. The molecule has 11 nitrogen and oxygen atoms in total. The zero-order valence-electron chi connectivity index (χ0n) is 24.6. The number of anilines is 2. The molecule has 0 bridgehead atoms. The number of ether oxygens (including phenoxy) is 1. The van der Waals surface area contributed by atoms with Crippen LogP contribution in [0.25, 0.3) is 0 Å². The largest absolute Gasteiger partial charge is 0.495 e. The van der Waals surface area contributed by atoms with E-state index in [4.69, 9.17) is 4.74 Å². The molecule has 14 heteroatoms. The number of aromatic nitrogens is 2. The number of aliphatic hydroxyl groups excluding tert-OH is 1. The number of carbonyl (C=O) groups is 3. The highest BCUT2D eigenvalue weighted by atomic mass is 19.3. The van der Waals surface area contributed by atoms with Gasteiger partial charge in [-0.05, 0) is 54.6 Å². The van der Waals surface area contributed by atoms with Crippen LogP contribution in [0.4, 0.5) is 24.5 Å². The Morgan fingerprint density at radius 2 is 1.78 bits per heavy atom. The molecule has 2 heterocycles. The molecule has 2 N–H and O–H groups in total. The Morgan fingerprint density at radius 3 is 2.39 bits per heavy atom. The Balaban J connectivity index is 1.48. The average molecular weight is 633 g/mol. The third-order valence-electron chi connectivity index (χ3n) is 7.61. The van der Waals surface area contributed by atoms with Gasteiger partial charge in [0, 0.05) is 36.0 Å². The SMILES string of the molecule is COc1ccc(C(=O)Nc2cnn3c2C(=O)N(c2ccc(C(F)(F)c4ccc(F)cc4)cc2)CC3CN(C)C(=O)CO)cc1C#N. The quantitative estimate of drug-likeness (QED) is 0.285. The van der Waals surface area contributed by atoms with E-state index in [0.29, 0.717) is 0 Å². The molecule has 0 aliphatic carbocycles. The Hall–Kier alpha value is -5.68. The summed E-state index contributed by atoms with van der Waals surface area (Å²) in [6.07, 6.45) is 1.27. The second-order valence-corrected chi connectivity index (χ2v) is 10.5. The molecule has 1 aliphatic rings. The fourth-order valence-corrected chi connectivity index (χ4v) is 5.15. The molecule has 1 atom stereocenters. The van der Waals surface area contributed by atoms with E-state index in [1.54, 1.807) is 0 Å². The Bertz CT molecular complexity index is 1840. The summed E-state index contributed by atoms with van der Waals surface area (Å²) in [6, 6.07) is 14.4. The molecule has 3 amide bonds. The third-order valence-corrected chi connectivity index (χ3v) is 7.61. The first-order valence-corrected chi connectivity index (χ1v) is 13.9. The van der Waals surface area contributed by atoms with Crippen LogP contribution in [-0.2, 0) is 10.7 Å².